The second-order valence-corrected chi connectivity index (χ2v) is 14.8. The Morgan fingerprint density at radius 1 is 0.481 bits per heavy atom. The fraction of sp³-hybridized carbons (Fsp3) is 0.0385. The average molecular weight is 690 g/mol. The van der Waals surface area contributed by atoms with Crippen molar-refractivity contribution in [1.29, 1.82) is 0 Å². The highest BCUT2D eigenvalue weighted by Gasteiger charge is 2.22. The smallest absolute Gasteiger partial charge is 0.135 e. The second-order valence-electron chi connectivity index (χ2n) is 14.8. The van der Waals surface area contributed by atoms with Crippen LogP contribution in [0.5, 0.6) is 0 Å². The van der Waals surface area contributed by atoms with Crippen LogP contribution in [-0.2, 0) is 0 Å². The van der Waals surface area contributed by atoms with Gasteiger partial charge in [0.1, 0.15) is 11.2 Å². The van der Waals surface area contributed by atoms with Gasteiger partial charge >= 0.3 is 0 Å². The van der Waals surface area contributed by atoms with Gasteiger partial charge < -0.3 is 8.98 Å². The zero-order valence-corrected chi connectivity index (χ0v) is 29.9. The lowest BCUT2D eigenvalue weighted by Crippen LogP contribution is -2.03. The Hall–Kier alpha value is -6.90. The third kappa shape index (κ3) is 4.60. The minimum atomic E-state index is -0.237. The molecule has 0 fully saturated rings. The number of hydrogen-bond donors (Lipinski definition) is 0. The van der Waals surface area contributed by atoms with Gasteiger partial charge in [-0.25, -0.2) is 0 Å². The van der Waals surface area contributed by atoms with Crippen molar-refractivity contribution < 1.29 is 4.42 Å². The van der Waals surface area contributed by atoms with E-state index in [1.54, 1.807) is 0 Å². The summed E-state index contributed by atoms with van der Waals surface area (Å²) in [5, 5.41) is 11.2. The predicted molar refractivity (Wildman–Crippen MR) is 230 cm³/mol. The Labute approximate surface area is 313 Å². The molecule has 0 saturated heterocycles. The van der Waals surface area contributed by atoms with Crippen LogP contribution in [0.1, 0.15) is 18.2 Å². The summed E-state index contributed by atoms with van der Waals surface area (Å²) >= 11 is 0. The zero-order valence-electron chi connectivity index (χ0n) is 29.9. The minimum Gasteiger partial charge on any atom is -0.456 e. The summed E-state index contributed by atoms with van der Waals surface area (Å²) < 4.78 is 8.60. The van der Waals surface area contributed by atoms with E-state index in [2.05, 4.69) is 182 Å². The lowest BCUT2D eigenvalue weighted by molar-refractivity contribution is 0.669. The number of aromatic nitrogens is 1. The number of fused-ring (bicyclic) bond motifs is 12. The van der Waals surface area contributed by atoms with Crippen LogP contribution in [0, 0.1) is 5.41 Å². The molecule has 1 aliphatic carbocycles. The van der Waals surface area contributed by atoms with Gasteiger partial charge in [-0.3, -0.25) is 0 Å². The fourth-order valence-corrected chi connectivity index (χ4v) is 8.66. The number of allylic oxidation sites excluding steroid dienone is 3. The van der Waals surface area contributed by atoms with E-state index in [0.717, 1.165) is 44.4 Å². The quantitative estimate of drug-likeness (QED) is 0.133. The molecule has 2 heteroatoms. The molecule has 0 spiro atoms. The van der Waals surface area contributed by atoms with Gasteiger partial charge in [0.2, 0.25) is 0 Å². The van der Waals surface area contributed by atoms with Gasteiger partial charge in [-0.1, -0.05) is 133 Å². The van der Waals surface area contributed by atoms with Crippen molar-refractivity contribution in [3.8, 4) is 27.9 Å². The number of benzene rings is 8. The lowest BCUT2D eigenvalue weighted by Gasteiger charge is -2.16. The van der Waals surface area contributed by atoms with Gasteiger partial charge in [0, 0.05) is 32.8 Å². The van der Waals surface area contributed by atoms with Crippen molar-refractivity contribution in [3.63, 3.8) is 0 Å². The molecule has 1 unspecified atom stereocenters. The molecule has 254 valence electrons. The van der Waals surface area contributed by atoms with E-state index in [4.69, 9.17) is 4.42 Å². The summed E-state index contributed by atoms with van der Waals surface area (Å²) in [6.45, 7) is 6.36. The number of rotatable bonds is 4. The highest BCUT2D eigenvalue weighted by atomic mass is 16.3. The van der Waals surface area contributed by atoms with E-state index >= 15 is 0 Å². The van der Waals surface area contributed by atoms with Gasteiger partial charge in [-0.2, -0.15) is 0 Å². The molecular formula is C52H35NO. The van der Waals surface area contributed by atoms with Crippen molar-refractivity contribution in [2.24, 2.45) is 5.41 Å². The molecule has 0 saturated carbocycles. The molecule has 2 aromatic heterocycles. The maximum Gasteiger partial charge on any atom is 0.135 e. The van der Waals surface area contributed by atoms with Gasteiger partial charge in [0.05, 0.1) is 11.2 Å². The Bertz CT molecular complexity index is 3220. The van der Waals surface area contributed by atoms with Crippen LogP contribution in [0.2, 0.25) is 0 Å². The summed E-state index contributed by atoms with van der Waals surface area (Å²) in [6, 6.07) is 55.2. The van der Waals surface area contributed by atoms with Crippen LogP contribution in [0.4, 0.5) is 0 Å². The van der Waals surface area contributed by atoms with E-state index in [1.165, 1.54) is 59.9 Å². The Balaban J connectivity index is 1.11. The van der Waals surface area contributed by atoms with Gasteiger partial charge in [-0.05, 0) is 110 Å². The first kappa shape index (κ1) is 30.7. The van der Waals surface area contributed by atoms with Crippen LogP contribution in [0.15, 0.2) is 181 Å². The predicted octanol–water partition coefficient (Wildman–Crippen LogP) is 14.6. The highest BCUT2D eigenvalue weighted by Crippen LogP contribution is 2.41. The van der Waals surface area contributed by atoms with E-state index < -0.39 is 0 Å². The molecule has 0 N–H and O–H groups in total. The molecule has 2 heterocycles. The molecule has 0 bridgehead atoms. The van der Waals surface area contributed by atoms with Crippen molar-refractivity contribution in [2.75, 3.05) is 0 Å². The number of hydrogen-bond acceptors (Lipinski definition) is 1. The topological polar surface area (TPSA) is 18.1 Å². The van der Waals surface area contributed by atoms with Crippen molar-refractivity contribution >= 4 is 77.3 Å². The third-order valence-corrected chi connectivity index (χ3v) is 11.6. The first-order valence-electron chi connectivity index (χ1n) is 18.6. The van der Waals surface area contributed by atoms with Crippen LogP contribution in [0.25, 0.3) is 105 Å². The second kappa shape index (κ2) is 11.6. The molecule has 1 atom stereocenters. The molecule has 0 radical (unpaired) electrons. The van der Waals surface area contributed by atoms with Crippen LogP contribution in [-0.4, -0.2) is 4.57 Å². The minimum absolute atomic E-state index is 0.237. The van der Waals surface area contributed by atoms with Crippen LogP contribution in [0.3, 0.4) is 0 Å². The van der Waals surface area contributed by atoms with E-state index in [0.29, 0.717) is 0 Å². The van der Waals surface area contributed by atoms with E-state index in [9.17, 15) is 0 Å². The zero-order chi connectivity index (χ0) is 36.0. The van der Waals surface area contributed by atoms with Crippen molar-refractivity contribution in [1.82, 2.24) is 4.57 Å². The maximum atomic E-state index is 6.17. The molecule has 0 aliphatic heterocycles. The van der Waals surface area contributed by atoms with Gasteiger partial charge in [-0.15, -0.1) is 6.58 Å². The lowest BCUT2D eigenvalue weighted by atomic mass is 9.90. The maximum absolute atomic E-state index is 6.17. The summed E-state index contributed by atoms with van der Waals surface area (Å²) in [5.74, 6) is 0. The summed E-state index contributed by atoms with van der Waals surface area (Å²) in [6.07, 6.45) is 11.1. The summed E-state index contributed by atoms with van der Waals surface area (Å²) in [7, 11) is 0. The highest BCUT2D eigenvalue weighted by molar-refractivity contribution is 6.25. The fourth-order valence-electron chi connectivity index (χ4n) is 8.66. The standard InChI is InChI=1S/C52H35NO/c1-3-52(2)27-25-44-43-23-20-36(35-21-24-51-47(31-35)45-17-8-9-18-50(45)54-51)32-49(43)53(48(44)26-28-52)37-12-10-11-33(29-37)34-19-22-42-40-15-5-4-13-38(40)39-14-6-7-16-41(39)46(42)30-34/h3-32H,1H2,2H3. The van der Waals surface area contributed by atoms with E-state index in [-0.39, 0.29) is 5.41 Å². The Morgan fingerprint density at radius 2 is 1.04 bits per heavy atom. The Morgan fingerprint density at radius 3 is 1.78 bits per heavy atom. The molecular weight excluding hydrogens is 655 g/mol. The molecule has 1 aliphatic rings. The molecule has 8 aromatic carbocycles. The summed E-state index contributed by atoms with van der Waals surface area (Å²) in [4.78, 5) is 0. The molecule has 2 nitrogen and oxygen atoms in total. The molecule has 10 aromatic rings. The Kier molecular flexibility index (Phi) is 6.57. The van der Waals surface area contributed by atoms with Gasteiger partial charge in [0.25, 0.3) is 0 Å². The monoisotopic (exact) mass is 689 g/mol. The third-order valence-electron chi connectivity index (χ3n) is 11.6. The molecule has 11 rings (SSSR count). The average Bonchev–Trinajstić information content (AvgIpc) is 3.70. The SMILES string of the molecule is C=CC1(C)C=Cc2c(n(-c3cccc(-c4ccc5c6ccccc6c6ccccc6c5c4)c3)c3cc(-c4ccc5oc6ccccc6c5c4)ccc23)C=C1. The first-order chi connectivity index (χ1) is 26.5. The molecule has 0 amide bonds. The number of para-hydroxylation sites is 1. The first-order valence-corrected chi connectivity index (χ1v) is 18.6. The van der Waals surface area contributed by atoms with Crippen molar-refractivity contribution in [3.05, 3.63) is 188 Å². The van der Waals surface area contributed by atoms with Crippen molar-refractivity contribution in [2.45, 2.75) is 6.92 Å². The number of furan rings is 1. The number of nitrogens with zero attached hydrogens (tertiary/aromatic N) is 1. The summed E-state index contributed by atoms with van der Waals surface area (Å²) in [5.41, 5.74) is 10.9. The van der Waals surface area contributed by atoms with Gasteiger partial charge in [0.15, 0.2) is 0 Å². The largest absolute Gasteiger partial charge is 0.456 e. The van der Waals surface area contributed by atoms with E-state index in [1.807, 2.05) is 18.2 Å². The normalized spacial score (nSPS) is 15.5. The van der Waals surface area contributed by atoms with Crippen LogP contribution < -0.4 is 0 Å². The molecule has 54 heavy (non-hydrogen) atoms. The van der Waals surface area contributed by atoms with Crippen LogP contribution >= 0.6 is 0 Å².